The maximum atomic E-state index is 12.3. The Kier molecular flexibility index (Phi) is 5.62. The normalized spacial score (nSPS) is 16.3. The summed E-state index contributed by atoms with van der Waals surface area (Å²) in [6.45, 7) is 9.28. The van der Waals surface area contributed by atoms with Gasteiger partial charge >= 0.3 is 0 Å². The number of carbonyl (C=O) groups excluding carboxylic acids is 1. The Morgan fingerprint density at radius 2 is 1.76 bits per heavy atom. The van der Waals surface area contributed by atoms with Gasteiger partial charge in [0.2, 0.25) is 5.91 Å². The van der Waals surface area contributed by atoms with Gasteiger partial charge in [-0.25, -0.2) is 0 Å². The topological polar surface area (TPSA) is 32.8 Å². The monoisotopic (exact) mass is 290 g/mol. The quantitative estimate of drug-likeness (QED) is 0.832. The number of nitrogens with zero attached hydrogens (tertiary/aromatic N) is 2. The van der Waals surface area contributed by atoms with Crippen molar-refractivity contribution in [1.82, 2.24) is 9.80 Å². The average Bonchev–Trinajstić information content (AvgIpc) is 2.48. The molecule has 0 N–H and O–H groups in total. The molecule has 0 aliphatic carbocycles. The van der Waals surface area contributed by atoms with Gasteiger partial charge in [0.05, 0.1) is 13.5 Å². The fourth-order valence-corrected chi connectivity index (χ4v) is 2.73. The minimum absolute atomic E-state index is 0.226. The molecule has 0 radical (unpaired) electrons. The molecule has 1 aliphatic rings. The van der Waals surface area contributed by atoms with Crippen LogP contribution >= 0.6 is 0 Å². The van der Waals surface area contributed by atoms with Crippen LogP contribution in [0, 0.1) is 5.92 Å². The van der Waals surface area contributed by atoms with E-state index in [9.17, 15) is 4.79 Å². The zero-order chi connectivity index (χ0) is 15.2. The van der Waals surface area contributed by atoms with Crippen molar-refractivity contribution < 1.29 is 9.53 Å². The maximum Gasteiger partial charge on any atom is 0.227 e. The lowest BCUT2D eigenvalue weighted by molar-refractivity contribution is -0.132. The molecule has 1 aliphatic heterocycles. The molecule has 2 rings (SSSR count). The van der Waals surface area contributed by atoms with E-state index in [0.29, 0.717) is 12.3 Å². The van der Waals surface area contributed by atoms with Gasteiger partial charge < -0.3 is 9.64 Å². The van der Waals surface area contributed by atoms with Crippen LogP contribution in [0.15, 0.2) is 24.3 Å². The van der Waals surface area contributed by atoms with Crippen molar-refractivity contribution in [2.24, 2.45) is 5.92 Å². The van der Waals surface area contributed by atoms with E-state index in [1.807, 2.05) is 29.2 Å². The Hall–Kier alpha value is -1.55. The average molecular weight is 290 g/mol. The fourth-order valence-electron chi connectivity index (χ4n) is 2.73. The van der Waals surface area contributed by atoms with E-state index in [4.69, 9.17) is 4.74 Å². The molecule has 4 nitrogen and oxygen atoms in total. The molecule has 116 valence electrons. The molecular formula is C17H26N2O2. The lowest BCUT2D eigenvalue weighted by Crippen LogP contribution is -2.49. The van der Waals surface area contributed by atoms with Crippen LogP contribution in [0.2, 0.25) is 0 Å². The lowest BCUT2D eigenvalue weighted by atomic mass is 10.1. The third-order valence-corrected chi connectivity index (χ3v) is 3.86. The van der Waals surface area contributed by atoms with Crippen LogP contribution in [-0.4, -0.2) is 55.5 Å². The summed E-state index contributed by atoms with van der Waals surface area (Å²) in [6.07, 6.45) is 0.480. The van der Waals surface area contributed by atoms with Crippen LogP contribution in [0.5, 0.6) is 5.75 Å². The lowest BCUT2D eigenvalue weighted by Gasteiger charge is -2.35. The van der Waals surface area contributed by atoms with E-state index >= 15 is 0 Å². The molecule has 0 saturated carbocycles. The molecule has 1 aromatic rings. The first kappa shape index (κ1) is 15.8. The maximum absolute atomic E-state index is 12.3. The number of ether oxygens (including phenoxy) is 1. The molecule has 1 heterocycles. The molecule has 4 heteroatoms. The van der Waals surface area contributed by atoms with E-state index in [0.717, 1.165) is 44.0 Å². The summed E-state index contributed by atoms with van der Waals surface area (Å²) in [6, 6.07) is 7.74. The highest BCUT2D eigenvalue weighted by Crippen LogP contribution is 2.13. The van der Waals surface area contributed by atoms with Gasteiger partial charge in [-0.15, -0.1) is 0 Å². The highest BCUT2D eigenvalue weighted by atomic mass is 16.5. The summed E-state index contributed by atoms with van der Waals surface area (Å²) in [5, 5.41) is 0. The third-order valence-electron chi connectivity index (χ3n) is 3.86. The van der Waals surface area contributed by atoms with Gasteiger partial charge in [0.15, 0.2) is 0 Å². The number of hydrogen-bond donors (Lipinski definition) is 0. The van der Waals surface area contributed by atoms with Crippen molar-refractivity contribution in [2.75, 3.05) is 39.8 Å². The first-order valence-corrected chi connectivity index (χ1v) is 7.71. The number of amides is 1. The Morgan fingerprint density at radius 1 is 1.14 bits per heavy atom. The van der Waals surface area contributed by atoms with Crippen molar-refractivity contribution in [3.63, 3.8) is 0 Å². The van der Waals surface area contributed by atoms with Gasteiger partial charge in [-0.1, -0.05) is 26.0 Å². The first-order chi connectivity index (χ1) is 10.1. The summed E-state index contributed by atoms with van der Waals surface area (Å²) in [5.74, 6) is 1.74. The van der Waals surface area contributed by atoms with Crippen molar-refractivity contribution >= 4 is 5.91 Å². The Balaban J connectivity index is 1.81. The zero-order valence-corrected chi connectivity index (χ0v) is 13.3. The summed E-state index contributed by atoms with van der Waals surface area (Å²) < 4.78 is 5.13. The van der Waals surface area contributed by atoms with Gasteiger partial charge in [-0.2, -0.15) is 0 Å². The van der Waals surface area contributed by atoms with E-state index in [-0.39, 0.29) is 5.91 Å². The second kappa shape index (κ2) is 7.46. The number of piperazine rings is 1. The van der Waals surface area contributed by atoms with Gasteiger partial charge in [-0.05, 0) is 23.6 Å². The zero-order valence-electron chi connectivity index (χ0n) is 13.3. The minimum atomic E-state index is 0.226. The van der Waals surface area contributed by atoms with Crippen LogP contribution < -0.4 is 4.74 Å². The molecule has 0 aromatic heterocycles. The number of hydrogen-bond acceptors (Lipinski definition) is 3. The van der Waals surface area contributed by atoms with Crippen LogP contribution in [-0.2, 0) is 11.2 Å². The fraction of sp³-hybridized carbons (Fsp3) is 0.588. The van der Waals surface area contributed by atoms with Crippen LogP contribution in [0.25, 0.3) is 0 Å². The molecule has 1 aromatic carbocycles. The number of methoxy groups -OCH3 is 1. The predicted octanol–water partition coefficient (Wildman–Crippen LogP) is 2.04. The Bertz CT molecular complexity index is 448. The van der Waals surface area contributed by atoms with Crippen molar-refractivity contribution in [1.29, 1.82) is 0 Å². The second-order valence-corrected chi connectivity index (χ2v) is 6.10. The molecule has 1 amide bonds. The molecule has 21 heavy (non-hydrogen) atoms. The standard InChI is InChI=1S/C17H26N2O2/c1-14(2)13-18-8-10-19(11-9-18)17(20)12-15-4-6-16(21-3)7-5-15/h4-7,14H,8-13H2,1-3H3. The minimum Gasteiger partial charge on any atom is -0.497 e. The molecule has 0 bridgehead atoms. The molecule has 0 unspecified atom stereocenters. The van der Waals surface area contributed by atoms with E-state index in [1.54, 1.807) is 7.11 Å². The summed E-state index contributed by atoms with van der Waals surface area (Å²) >= 11 is 0. The SMILES string of the molecule is COc1ccc(CC(=O)N2CCN(CC(C)C)CC2)cc1. The van der Waals surface area contributed by atoms with E-state index < -0.39 is 0 Å². The Morgan fingerprint density at radius 3 is 2.29 bits per heavy atom. The molecule has 1 saturated heterocycles. The molecular weight excluding hydrogens is 264 g/mol. The summed E-state index contributed by atoms with van der Waals surface area (Å²) in [7, 11) is 1.65. The molecule has 0 atom stereocenters. The smallest absolute Gasteiger partial charge is 0.227 e. The third kappa shape index (κ3) is 4.74. The Labute approximate surface area is 127 Å². The predicted molar refractivity (Wildman–Crippen MR) is 84.6 cm³/mol. The summed E-state index contributed by atoms with van der Waals surface area (Å²) in [4.78, 5) is 16.8. The van der Waals surface area contributed by atoms with Crippen molar-refractivity contribution in [3.8, 4) is 5.75 Å². The van der Waals surface area contributed by atoms with E-state index in [1.165, 1.54) is 0 Å². The highest BCUT2D eigenvalue weighted by molar-refractivity contribution is 5.78. The number of benzene rings is 1. The van der Waals surface area contributed by atoms with Crippen LogP contribution in [0.4, 0.5) is 0 Å². The molecule has 1 fully saturated rings. The summed E-state index contributed by atoms with van der Waals surface area (Å²) in [5.41, 5.74) is 1.05. The molecule has 0 spiro atoms. The second-order valence-electron chi connectivity index (χ2n) is 6.10. The van der Waals surface area contributed by atoms with Crippen molar-refractivity contribution in [3.05, 3.63) is 29.8 Å². The van der Waals surface area contributed by atoms with Crippen molar-refractivity contribution in [2.45, 2.75) is 20.3 Å². The van der Waals surface area contributed by atoms with Gasteiger partial charge in [0.25, 0.3) is 0 Å². The van der Waals surface area contributed by atoms with Gasteiger partial charge in [0, 0.05) is 32.7 Å². The number of carbonyl (C=O) groups is 1. The van der Waals surface area contributed by atoms with Crippen LogP contribution in [0.1, 0.15) is 19.4 Å². The van der Waals surface area contributed by atoms with Gasteiger partial charge in [0.1, 0.15) is 5.75 Å². The largest absolute Gasteiger partial charge is 0.497 e. The number of rotatable bonds is 5. The van der Waals surface area contributed by atoms with Crippen LogP contribution in [0.3, 0.4) is 0 Å². The van der Waals surface area contributed by atoms with E-state index in [2.05, 4.69) is 18.7 Å². The first-order valence-electron chi connectivity index (χ1n) is 7.71. The highest BCUT2D eigenvalue weighted by Gasteiger charge is 2.21. The van der Waals surface area contributed by atoms with Gasteiger partial charge in [-0.3, -0.25) is 9.69 Å².